The lowest BCUT2D eigenvalue weighted by Gasteiger charge is -2.13. The van der Waals surface area contributed by atoms with Crippen molar-refractivity contribution in [1.29, 1.82) is 0 Å². The van der Waals surface area contributed by atoms with Crippen LogP contribution in [0.1, 0.15) is 10.4 Å². The van der Waals surface area contributed by atoms with Gasteiger partial charge in [-0.1, -0.05) is 0 Å². The third-order valence-electron chi connectivity index (χ3n) is 2.38. The highest BCUT2D eigenvalue weighted by atomic mass is 19.1. The molecule has 0 fully saturated rings. The van der Waals surface area contributed by atoms with Crippen LogP contribution in [-0.2, 0) is 9.63 Å². The summed E-state index contributed by atoms with van der Waals surface area (Å²) in [7, 11) is 2.76. The number of rotatable bonds is 5. The summed E-state index contributed by atoms with van der Waals surface area (Å²) in [5, 5.41) is 3.20. The third-order valence-corrected chi connectivity index (χ3v) is 2.38. The first-order valence-corrected chi connectivity index (χ1v) is 5.48. The summed E-state index contributed by atoms with van der Waals surface area (Å²) < 4.78 is 24.4. The summed E-state index contributed by atoms with van der Waals surface area (Å²) in [6, 6.07) is 2.73. The monoisotopic (exact) mass is 285 g/mol. The molecule has 108 valence electrons. The molecule has 0 spiro atoms. The second kappa shape index (κ2) is 7.29. The summed E-state index contributed by atoms with van der Waals surface area (Å²) in [6.45, 7) is -1.22. The van der Waals surface area contributed by atoms with Crippen LogP contribution in [0.4, 0.5) is 14.6 Å². The van der Waals surface area contributed by atoms with Crippen LogP contribution in [0.3, 0.4) is 0 Å². The Morgan fingerprint density at radius 3 is 2.65 bits per heavy atom. The molecule has 6 nitrogen and oxygen atoms in total. The zero-order chi connectivity index (χ0) is 15.1. The van der Waals surface area contributed by atoms with Crippen LogP contribution in [-0.4, -0.2) is 42.7 Å². The Bertz CT molecular complexity index is 517. The van der Waals surface area contributed by atoms with E-state index in [0.29, 0.717) is 0 Å². The quantitative estimate of drug-likeness (QED) is 0.657. The highest BCUT2D eigenvalue weighted by molar-refractivity contribution is 6.03. The van der Waals surface area contributed by atoms with Crippen molar-refractivity contribution < 1.29 is 23.2 Å². The maximum Gasteiger partial charge on any atom is 0.278 e. The number of nitrogens with one attached hydrogen (secondary N) is 1. The average Bonchev–Trinajstić information content (AvgIpc) is 2.47. The highest BCUT2D eigenvalue weighted by Gasteiger charge is 2.13. The molecule has 1 aromatic rings. The van der Waals surface area contributed by atoms with Crippen LogP contribution in [0.2, 0.25) is 0 Å². The molecule has 0 aromatic carbocycles. The van der Waals surface area contributed by atoms with Crippen molar-refractivity contribution in [3.05, 3.63) is 35.8 Å². The number of anilines is 1. The van der Waals surface area contributed by atoms with Gasteiger partial charge in [-0.2, -0.15) is 0 Å². The fraction of sp³-hybridized carbons (Fsp3) is 0.250. The van der Waals surface area contributed by atoms with Gasteiger partial charge in [0.15, 0.2) is 0 Å². The predicted molar refractivity (Wildman–Crippen MR) is 67.1 cm³/mol. The number of hydroxylamine groups is 2. The molecule has 1 heterocycles. The van der Waals surface area contributed by atoms with Gasteiger partial charge in [0.2, 0.25) is 0 Å². The average molecular weight is 285 g/mol. The van der Waals surface area contributed by atoms with Crippen molar-refractivity contribution in [2.75, 3.05) is 26.1 Å². The lowest BCUT2D eigenvalue weighted by atomic mass is 10.2. The van der Waals surface area contributed by atoms with Gasteiger partial charge in [-0.05, 0) is 12.1 Å². The summed E-state index contributed by atoms with van der Waals surface area (Å²) in [4.78, 5) is 31.5. The lowest BCUT2D eigenvalue weighted by Crippen LogP contribution is -2.25. The van der Waals surface area contributed by atoms with Gasteiger partial charge in [-0.25, -0.2) is 18.8 Å². The molecule has 0 unspecified atom stereocenters. The summed E-state index contributed by atoms with van der Waals surface area (Å²) >= 11 is 0. The first-order chi connectivity index (χ1) is 9.53. The molecule has 1 aromatic heterocycles. The van der Waals surface area contributed by atoms with E-state index in [2.05, 4.69) is 10.3 Å². The molecule has 1 rings (SSSR count). The molecule has 1 N–H and O–H groups in total. The number of halogens is 2. The van der Waals surface area contributed by atoms with Crippen molar-refractivity contribution in [2.45, 2.75) is 0 Å². The summed E-state index contributed by atoms with van der Waals surface area (Å²) in [6.07, 6.45) is 1.10. The van der Waals surface area contributed by atoms with Crippen molar-refractivity contribution >= 4 is 17.6 Å². The number of aromatic nitrogens is 1. The second-order valence-electron chi connectivity index (χ2n) is 3.64. The van der Waals surface area contributed by atoms with Crippen LogP contribution in [0.15, 0.2) is 30.2 Å². The molecule has 20 heavy (non-hydrogen) atoms. The Morgan fingerprint density at radius 1 is 1.50 bits per heavy atom. The predicted octanol–water partition coefficient (Wildman–Crippen LogP) is 1.48. The van der Waals surface area contributed by atoms with Crippen molar-refractivity contribution in [3.8, 4) is 0 Å². The zero-order valence-corrected chi connectivity index (χ0v) is 10.9. The molecular formula is C12H13F2N3O3. The number of carbonyl (C=O) groups excluding carboxylic acids is 2. The number of pyridine rings is 1. The van der Waals surface area contributed by atoms with E-state index in [1.165, 1.54) is 32.5 Å². The first-order valence-electron chi connectivity index (χ1n) is 5.48. The van der Waals surface area contributed by atoms with E-state index in [1.54, 1.807) is 0 Å². The minimum atomic E-state index is -1.22. The topological polar surface area (TPSA) is 71.5 Å². The largest absolute Gasteiger partial charge is 0.307 e. The van der Waals surface area contributed by atoms with Gasteiger partial charge in [0.25, 0.3) is 11.8 Å². The van der Waals surface area contributed by atoms with E-state index in [4.69, 9.17) is 4.84 Å². The Labute approximate surface area is 114 Å². The Morgan fingerprint density at radius 2 is 2.20 bits per heavy atom. The highest BCUT2D eigenvalue weighted by Crippen LogP contribution is 2.09. The summed E-state index contributed by atoms with van der Waals surface area (Å²) in [5.41, 5.74) is -0.412. The van der Waals surface area contributed by atoms with E-state index in [1.807, 2.05) is 0 Å². The Hall–Kier alpha value is -2.35. The van der Waals surface area contributed by atoms with Crippen molar-refractivity contribution in [2.24, 2.45) is 0 Å². The van der Waals surface area contributed by atoms with Gasteiger partial charge in [-0.3, -0.25) is 14.4 Å². The fourth-order valence-electron chi connectivity index (χ4n) is 1.20. The smallest absolute Gasteiger partial charge is 0.278 e. The Kier molecular flexibility index (Phi) is 5.73. The maximum atomic E-state index is 12.3. The second-order valence-corrected chi connectivity index (χ2v) is 3.64. The van der Waals surface area contributed by atoms with Crippen molar-refractivity contribution in [1.82, 2.24) is 10.0 Å². The molecule has 0 saturated heterocycles. The van der Waals surface area contributed by atoms with Gasteiger partial charge >= 0.3 is 0 Å². The first kappa shape index (κ1) is 15.7. The van der Waals surface area contributed by atoms with E-state index >= 15 is 0 Å². The number of nitrogens with zero attached hydrogens (tertiary/aromatic N) is 2. The molecule has 0 aliphatic rings. The van der Waals surface area contributed by atoms with Crippen LogP contribution in [0.5, 0.6) is 0 Å². The zero-order valence-electron chi connectivity index (χ0n) is 10.9. The summed E-state index contributed by atoms with van der Waals surface area (Å²) in [5.74, 6) is -1.29. The minimum absolute atomic E-state index is 0.0689. The number of hydrogen-bond donors (Lipinski definition) is 1. The van der Waals surface area contributed by atoms with E-state index in [9.17, 15) is 18.4 Å². The molecular weight excluding hydrogens is 272 g/mol. The van der Waals surface area contributed by atoms with Gasteiger partial charge in [0.1, 0.15) is 12.5 Å². The van der Waals surface area contributed by atoms with Crippen LogP contribution in [0, 0.1) is 0 Å². The Balaban J connectivity index is 2.77. The molecule has 8 heteroatoms. The lowest BCUT2D eigenvalue weighted by molar-refractivity contribution is -0.113. The minimum Gasteiger partial charge on any atom is -0.307 e. The fourth-order valence-corrected chi connectivity index (χ4v) is 1.20. The third kappa shape index (κ3) is 3.82. The number of alkyl halides is 1. The van der Waals surface area contributed by atoms with Gasteiger partial charge in [0.05, 0.1) is 24.6 Å². The molecule has 0 saturated carbocycles. The van der Waals surface area contributed by atoms with E-state index < -0.39 is 24.1 Å². The van der Waals surface area contributed by atoms with Crippen LogP contribution in [0.25, 0.3) is 0 Å². The number of amides is 2. The van der Waals surface area contributed by atoms with Crippen molar-refractivity contribution in [3.63, 3.8) is 0 Å². The number of hydrogen-bond acceptors (Lipinski definition) is 4. The molecule has 0 aliphatic carbocycles. The molecule has 0 radical (unpaired) electrons. The van der Waals surface area contributed by atoms with Gasteiger partial charge in [0, 0.05) is 13.2 Å². The number of carbonyl (C=O) groups is 2. The van der Waals surface area contributed by atoms with E-state index in [-0.39, 0.29) is 17.7 Å². The van der Waals surface area contributed by atoms with E-state index in [0.717, 1.165) is 5.06 Å². The van der Waals surface area contributed by atoms with Gasteiger partial charge in [-0.15, -0.1) is 0 Å². The SMILES string of the molecule is CON(C)C(=O)c1ccc(NC(=O)C(=CF)CF)nc1. The molecule has 0 atom stereocenters. The van der Waals surface area contributed by atoms with Crippen LogP contribution < -0.4 is 5.32 Å². The maximum absolute atomic E-state index is 12.3. The standard InChI is InChI=1S/C12H13F2N3O3/c1-17(20-2)12(19)8-3-4-10(15-7-8)16-11(18)9(5-13)6-14/h3-5,7H,6H2,1-2H3,(H,15,16,18). The normalized spacial score (nSPS) is 11.1. The van der Waals surface area contributed by atoms with Crippen LogP contribution >= 0.6 is 0 Å². The molecule has 0 bridgehead atoms. The van der Waals surface area contributed by atoms with Gasteiger partial charge < -0.3 is 5.32 Å². The molecule has 0 aliphatic heterocycles. The molecule has 2 amide bonds.